The molecule has 0 aliphatic carbocycles. The molecule has 2 heteroatoms. The Balaban J connectivity index is 1.77. The molecule has 1 heterocycles. The topological polar surface area (TPSA) is 20.2 Å². The molecule has 1 N–H and O–H groups in total. The number of aryl methyl sites for hydroxylation is 2. The van der Waals surface area contributed by atoms with E-state index in [4.69, 9.17) is 0 Å². The van der Waals surface area contributed by atoms with E-state index in [0.717, 1.165) is 12.2 Å². The molecule has 0 aromatic heterocycles. The predicted molar refractivity (Wildman–Crippen MR) is 85.5 cm³/mol. The third-order valence-corrected chi connectivity index (χ3v) is 5.43. The Bertz CT molecular complexity index is 621. The zero-order chi connectivity index (χ0) is 14.1. The van der Waals surface area contributed by atoms with Crippen molar-refractivity contribution in [3.63, 3.8) is 0 Å². The van der Waals surface area contributed by atoms with Gasteiger partial charge in [0, 0.05) is 16.6 Å². The Morgan fingerprint density at radius 2 is 1.95 bits per heavy atom. The molecular formula is C18H20OS. The molecule has 0 radical (unpaired) electrons. The third-order valence-electron chi connectivity index (χ3n) is 4.22. The first-order chi connectivity index (χ1) is 9.65. The van der Waals surface area contributed by atoms with Crippen LogP contribution >= 0.6 is 11.8 Å². The molecule has 1 aliphatic rings. The van der Waals surface area contributed by atoms with Crippen molar-refractivity contribution < 1.29 is 5.11 Å². The minimum atomic E-state index is -0.298. The van der Waals surface area contributed by atoms with Crippen molar-refractivity contribution in [2.45, 2.75) is 37.2 Å². The number of hydrogen-bond acceptors (Lipinski definition) is 2. The summed E-state index contributed by atoms with van der Waals surface area (Å²) in [6, 6.07) is 14.9. The molecule has 0 spiro atoms. The van der Waals surface area contributed by atoms with E-state index in [1.54, 1.807) is 0 Å². The number of benzene rings is 2. The molecule has 2 aromatic rings. The fourth-order valence-corrected chi connectivity index (χ4v) is 4.14. The van der Waals surface area contributed by atoms with Gasteiger partial charge in [0.1, 0.15) is 0 Å². The summed E-state index contributed by atoms with van der Waals surface area (Å²) < 4.78 is 0. The van der Waals surface area contributed by atoms with Crippen molar-refractivity contribution in [3.05, 3.63) is 64.7 Å². The molecular weight excluding hydrogens is 264 g/mol. The van der Waals surface area contributed by atoms with Crippen molar-refractivity contribution in [1.82, 2.24) is 0 Å². The summed E-state index contributed by atoms with van der Waals surface area (Å²) in [6.45, 7) is 4.26. The van der Waals surface area contributed by atoms with Crippen LogP contribution in [0.25, 0.3) is 0 Å². The lowest BCUT2D eigenvalue weighted by Gasteiger charge is -2.19. The van der Waals surface area contributed by atoms with Gasteiger partial charge in [-0.2, -0.15) is 0 Å². The fraction of sp³-hybridized carbons (Fsp3) is 0.333. The molecule has 2 aromatic carbocycles. The number of aliphatic hydroxyl groups is 1. The van der Waals surface area contributed by atoms with Gasteiger partial charge in [-0.25, -0.2) is 0 Å². The maximum atomic E-state index is 10.6. The Hall–Kier alpha value is -1.25. The van der Waals surface area contributed by atoms with Gasteiger partial charge in [0.05, 0.1) is 6.10 Å². The largest absolute Gasteiger partial charge is 0.392 e. The minimum Gasteiger partial charge on any atom is -0.392 e. The van der Waals surface area contributed by atoms with Gasteiger partial charge in [0.25, 0.3) is 0 Å². The molecule has 0 fully saturated rings. The van der Waals surface area contributed by atoms with Gasteiger partial charge in [0.2, 0.25) is 0 Å². The Morgan fingerprint density at radius 3 is 2.75 bits per heavy atom. The highest BCUT2D eigenvalue weighted by atomic mass is 32.2. The van der Waals surface area contributed by atoms with Gasteiger partial charge in [0.15, 0.2) is 0 Å². The average molecular weight is 284 g/mol. The number of fused-ring (bicyclic) bond motifs is 1. The summed E-state index contributed by atoms with van der Waals surface area (Å²) in [6.07, 6.45) is 0.439. The first-order valence-corrected chi connectivity index (χ1v) is 8.09. The molecule has 20 heavy (non-hydrogen) atoms. The summed E-state index contributed by atoms with van der Waals surface area (Å²) in [7, 11) is 0. The summed E-state index contributed by atoms with van der Waals surface area (Å²) in [5.41, 5.74) is 5.16. The second kappa shape index (κ2) is 5.63. The summed E-state index contributed by atoms with van der Waals surface area (Å²) in [5, 5.41) is 10.6. The zero-order valence-corrected chi connectivity index (χ0v) is 12.8. The smallest absolute Gasteiger partial charge is 0.0657 e. The van der Waals surface area contributed by atoms with Crippen LogP contribution in [0.15, 0.2) is 47.4 Å². The molecule has 0 bridgehead atoms. The maximum Gasteiger partial charge on any atom is 0.0657 e. The second-order valence-corrected chi connectivity index (χ2v) is 6.71. The molecule has 3 rings (SSSR count). The lowest BCUT2D eigenvalue weighted by Crippen LogP contribution is -2.21. The van der Waals surface area contributed by atoms with Crippen molar-refractivity contribution >= 4 is 11.8 Å². The molecule has 0 saturated heterocycles. The first-order valence-electron chi connectivity index (χ1n) is 7.11. The zero-order valence-electron chi connectivity index (χ0n) is 12.0. The molecule has 2 atom stereocenters. The van der Waals surface area contributed by atoms with E-state index in [1.165, 1.54) is 27.1 Å². The van der Waals surface area contributed by atoms with Crippen LogP contribution in [-0.4, -0.2) is 17.0 Å². The number of aliphatic hydroxyl groups excluding tert-OH is 1. The molecule has 1 aliphatic heterocycles. The van der Waals surface area contributed by atoms with Crippen LogP contribution in [0.2, 0.25) is 0 Å². The summed E-state index contributed by atoms with van der Waals surface area (Å²) in [5.74, 6) is 1.25. The Morgan fingerprint density at radius 1 is 1.15 bits per heavy atom. The highest BCUT2D eigenvalue weighted by Crippen LogP contribution is 2.41. The minimum absolute atomic E-state index is 0.262. The highest BCUT2D eigenvalue weighted by molar-refractivity contribution is 7.99. The first kappa shape index (κ1) is 13.7. The van der Waals surface area contributed by atoms with Crippen LogP contribution in [0.4, 0.5) is 0 Å². The van der Waals surface area contributed by atoms with Gasteiger partial charge in [-0.3, -0.25) is 0 Å². The van der Waals surface area contributed by atoms with Crippen LogP contribution in [-0.2, 0) is 6.42 Å². The van der Waals surface area contributed by atoms with Crippen LogP contribution in [0, 0.1) is 13.8 Å². The second-order valence-electron chi connectivity index (χ2n) is 5.65. The van der Waals surface area contributed by atoms with Crippen LogP contribution < -0.4 is 0 Å². The Labute approximate surface area is 125 Å². The maximum absolute atomic E-state index is 10.6. The average Bonchev–Trinajstić information content (AvgIpc) is 2.87. The van der Waals surface area contributed by atoms with Gasteiger partial charge in [-0.1, -0.05) is 36.4 Å². The van der Waals surface area contributed by atoms with E-state index in [2.05, 4.69) is 56.3 Å². The summed E-state index contributed by atoms with van der Waals surface area (Å²) in [4.78, 5) is 1.33. The van der Waals surface area contributed by atoms with Crippen molar-refractivity contribution in [3.8, 4) is 0 Å². The van der Waals surface area contributed by atoms with E-state index < -0.39 is 0 Å². The van der Waals surface area contributed by atoms with Gasteiger partial charge in [-0.15, -0.1) is 11.8 Å². The number of hydrogen-bond donors (Lipinski definition) is 1. The standard InChI is InChI=1S/C18H20OS/c1-12-7-8-14(9-13(12)2)10-17(19)16-11-20-18-6-4-3-5-15(16)18/h3-9,16-17,19H,10-11H2,1-2H3. The molecule has 1 nitrogen and oxygen atoms in total. The normalized spacial score (nSPS) is 18.9. The van der Waals surface area contributed by atoms with E-state index in [1.807, 2.05) is 11.8 Å². The van der Waals surface area contributed by atoms with Gasteiger partial charge >= 0.3 is 0 Å². The van der Waals surface area contributed by atoms with Crippen LogP contribution in [0.3, 0.4) is 0 Å². The third kappa shape index (κ3) is 2.63. The fourth-order valence-electron chi connectivity index (χ4n) is 2.82. The molecule has 0 saturated carbocycles. The molecule has 2 unspecified atom stereocenters. The lowest BCUT2D eigenvalue weighted by molar-refractivity contribution is 0.151. The highest BCUT2D eigenvalue weighted by Gasteiger charge is 2.28. The molecule has 0 amide bonds. The summed E-state index contributed by atoms with van der Waals surface area (Å²) >= 11 is 1.86. The molecule has 104 valence electrons. The lowest BCUT2D eigenvalue weighted by atomic mass is 9.90. The van der Waals surface area contributed by atoms with E-state index in [9.17, 15) is 5.11 Å². The Kier molecular flexibility index (Phi) is 3.86. The van der Waals surface area contributed by atoms with Gasteiger partial charge in [-0.05, 0) is 48.6 Å². The van der Waals surface area contributed by atoms with Crippen LogP contribution in [0.1, 0.15) is 28.2 Å². The van der Waals surface area contributed by atoms with E-state index in [-0.39, 0.29) is 12.0 Å². The van der Waals surface area contributed by atoms with E-state index >= 15 is 0 Å². The quantitative estimate of drug-likeness (QED) is 0.916. The van der Waals surface area contributed by atoms with Crippen molar-refractivity contribution in [1.29, 1.82) is 0 Å². The van der Waals surface area contributed by atoms with E-state index in [0.29, 0.717) is 0 Å². The van der Waals surface area contributed by atoms with Crippen molar-refractivity contribution in [2.75, 3.05) is 5.75 Å². The number of rotatable bonds is 3. The van der Waals surface area contributed by atoms with Crippen molar-refractivity contribution in [2.24, 2.45) is 0 Å². The monoisotopic (exact) mass is 284 g/mol. The van der Waals surface area contributed by atoms with Gasteiger partial charge < -0.3 is 5.11 Å². The van der Waals surface area contributed by atoms with Crippen LogP contribution in [0.5, 0.6) is 0 Å². The SMILES string of the molecule is Cc1ccc(CC(O)C2CSc3ccccc32)cc1C. The number of thioether (sulfide) groups is 1. The predicted octanol–water partition coefficient (Wildman–Crippen LogP) is 4.10.